The van der Waals surface area contributed by atoms with Crippen LogP contribution in [0.5, 0.6) is 0 Å². The van der Waals surface area contributed by atoms with Crippen molar-refractivity contribution in [1.29, 1.82) is 0 Å². The van der Waals surface area contributed by atoms with E-state index in [1.807, 2.05) is 13.0 Å². The molecule has 4 aliphatic carbocycles. The number of Topliss-reactive ketones (excluding diaryl/α,β-unsaturated/α-hetero) is 1. The van der Waals surface area contributed by atoms with Crippen molar-refractivity contribution < 1.29 is 39.2 Å². The van der Waals surface area contributed by atoms with Crippen molar-refractivity contribution in [2.45, 2.75) is 83.9 Å². The van der Waals surface area contributed by atoms with E-state index < -0.39 is 41.6 Å². The molecule has 8 heteroatoms. The molecule has 1 aliphatic heterocycles. The number of ketones is 2. The van der Waals surface area contributed by atoms with E-state index in [1.165, 1.54) is 0 Å². The second-order valence-electron chi connectivity index (χ2n) is 11.4. The zero-order chi connectivity index (χ0) is 25.3. The fourth-order valence-corrected chi connectivity index (χ4v) is 8.04. The van der Waals surface area contributed by atoms with Gasteiger partial charge >= 0.3 is 0 Å². The molecule has 0 amide bonds. The molecule has 1 heterocycles. The summed E-state index contributed by atoms with van der Waals surface area (Å²) in [4.78, 5) is 34.1. The van der Waals surface area contributed by atoms with Gasteiger partial charge in [-0.05, 0) is 63.5 Å². The number of rotatable bonds is 2. The molecular formula is C26H36O8. The highest BCUT2D eigenvalue weighted by Crippen LogP contribution is 2.70. The number of aliphatic carboxylic acids is 1. The van der Waals surface area contributed by atoms with Gasteiger partial charge in [-0.1, -0.05) is 25.5 Å². The van der Waals surface area contributed by atoms with Crippen molar-refractivity contribution in [2.75, 3.05) is 6.61 Å². The van der Waals surface area contributed by atoms with Gasteiger partial charge in [0.15, 0.2) is 23.0 Å². The largest absolute Gasteiger partial charge is 0.481 e. The fourth-order valence-electron chi connectivity index (χ4n) is 8.04. The summed E-state index contributed by atoms with van der Waals surface area (Å²) in [6, 6.07) is 0. The smallest absolute Gasteiger partial charge is 0.300 e. The van der Waals surface area contributed by atoms with Crippen LogP contribution >= 0.6 is 0 Å². The molecule has 3 N–H and O–H groups in total. The Hall–Kier alpha value is -1.87. The average molecular weight is 477 g/mol. The zero-order valence-corrected chi connectivity index (χ0v) is 20.5. The number of fused-ring (bicyclic) bond motifs is 7. The first-order chi connectivity index (χ1) is 15.7. The highest BCUT2D eigenvalue weighted by molar-refractivity contribution is 6.01. The van der Waals surface area contributed by atoms with Gasteiger partial charge in [0.25, 0.3) is 5.97 Å². The number of aliphatic hydroxyl groups is 2. The van der Waals surface area contributed by atoms with Crippen molar-refractivity contribution in [1.82, 2.24) is 0 Å². The molecular weight excluding hydrogens is 440 g/mol. The molecule has 4 fully saturated rings. The van der Waals surface area contributed by atoms with Crippen LogP contribution in [0.2, 0.25) is 0 Å². The number of allylic oxidation sites excluding steroid dienone is 4. The van der Waals surface area contributed by atoms with E-state index in [-0.39, 0.29) is 34.7 Å². The summed E-state index contributed by atoms with van der Waals surface area (Å²) in [6.07, 6.45) is 7.04. The van der Waals surface area contributed by atoms with Gasteiger partial charge in [0.05, 0.1) is 12.2 Å². The normalized spacial score (nSPS) is 45.7. The van der Waals surface area contributed by atoms with Gasteiger partial charge in [0.2, 0.25) is 0 Å². The Kier molecular flexibility index (Phi) is 6.00. The molecule has 0 radical (unpaired) electrons. The van der Waals surface area contributed by atoms with E-state index in [4.69, 9.17) is 19.4 Å². The van der Waals surface area contributed by atoms with Crippen LogP contribution in [0.1, 0.15) is 60.3 Å². The molecule has 0 aromatic heterocycles. The molecule has 0 spiro atoms. The Morgan fingerprint density at radius 3 is 2.47 bits per heavy atom. The van der Waals surface area contributed by atoms with Crippen LogP contribution in [0.25, 0.3) is 0 Å². The second kappa shape index (κ2) is 8.08. The molecule has 0 aromatic carbocycles. The first-order valence-corrected chi connectivity index (χ1v) is 12.1. The SMILES string of the molecule is CC(=O)O.CC1(C)O[C@@H]2C[C@H]3[C@@H]4CCC5=CC(=O)C=C[C@]5(C)[C@H]4[C@@H](O)C[C@]3(C)[C@]2(C(=O)CO)O1. The maximum Gasteiger partial charge on any atom is 0.300 e. The number of hydrogen-bond acceptors (Lipinski definition) is 7. The standard InChI is InChI=1S/C24H32O6.C2H4O2/c1-21(2)29-19-10-16-15-6-5-13-9-14(26)7-8-22(13,3)20(15)17(27)11-23(16,4)24(19,30-21)18(28)12-25;1-2(3)4/h7-9,15-17,19-20,25,27H,5-6,10-12H2,1-4H3;1H3,(H,3,4)/t15-,16-,17-,19+,20+,22-,23-,24+;/m0./s1. The molecule has 5 aliphatic rings. The maximum absolute atomic E-state index is 13.2. The van der Waals surface area contributed by atoms with Gasteiger partial charge in [-0.3, -0.25) is 14.4 Å². The highest BCUT2D eigenvalue weighted by atomic mass is 16.8. The number of aliphatic hydroxyl groups excluding tert-OH is 2. The summed E-state index contributed by atoms with van der Waals surface area (Å²) in [5, 5.41) is 28.7. The van der Waals surface area contributed by atoms with Crippen LogP contribution in [-0.2, 0) is 23.9 Å². The monoisotopic (exact) mass is 476 g/mol. The third-order valence-corrected chi connectivity index (χ3v) is 9.05. The average Bonchev–Trinajstić information content (AvgIpc) is 3.13. The highest BCUT2D eigenvalue weighted by Gasteiger charge is 2.76. The number of carbonyl (C=O) groups is 3. The molecule has 8 nitrogen and oxygen atoms in total. The van der Waals surface area contributed by atoms with Crippen LogP contribution < -0.4 is 0 Å². The molecule has 0 bridgehead atoms. The number of carbonyl (C=O) groups excluding carboxylic acids is 2. The van der Waals surface area contributed by atoms with Gasteiger partial charge in [-0.2, -0.15) is 0 Å². The van der Waals surface area contributed by atoms with E-state index >= 15 is 0 Å². The Bertz CT molecular complexity index is 962. The molecule has 5 rings (SSSR count). The van der Waals surface area contributed by atoms with Crippen LogP contribution in [0.3, 0.4) is 0 Å². The van der Waals surface area contributed by atoms with E-state index in [0.29, 0.717) is 12.8 Å². The zero-order valence-electron chi connectivity index (χ0n) is 20.5. The van der Waals surface area contributed by atoms with E-state index in [9.17, 15) is 19.8 Å². The third-order valence-electron chi connectivity index (χ3n) is 9.05. The summed E-state index contributed by atoms with van der Waals surface area (Å²) in [6.45, 7) is 8.27. The lowest BCUT2D eigenvalue weighted by Gasteiger charge is -2.59. The summed E-state index contributed by atoms with van der Waals surface area (Å²) < 4.78 is 12.6. The Balaban J connectivity index is 0.000000636. The van der Waals surface area contributed by atoms with Crippen LogP contribution in [0.4, 0.5) is 0 Å². The van der Waals surface area contributed by atoms with Crippen molar-refractivity contribution in [3.63, 3.8) is 0 Å². The molecule has 1 saturated heterocycles. The lowest BCUT2D eigenvalue weighted by molar-refractivity contribution is -0.225. The van der Waals surface area contributed by atoms with Crippen LogP contribution in [0.15, 0.2) is 23.8 Å². The first kappa shape index (κ1) is 25.2. The summed E-state index contributed by atoms with van der Waals surface area (Å²) in [5.74, 6) is -1.78. The van der Waals surface area contributed by atoms with Crippen molar-refractivity contribution in [3.05, 3.63) is 23.8 Å². The number of hydrogen-bond donors (Lipinski definition) is 3. The van der Waals surface area contributed by atoms with E-state index in [1.54, 1.807) is 26.0 Å². The summed E-state index contributed by atoms with van der Waals surface area (Å²) in [5.41, 5.74) is -1.12. The minimum Gasteiger partial charge on any atom is -0.481 e. The Morgan fingerprint density at radius 2 is 1.85 bits per heavy atom. The fraction of sp³-hybridized carbons (Fsp3) is 0.731. The van der Waals surface area contributed by atoms with Crippen LogP contribution in [-0.4, -0.2) is 63.1 Å². The first-order valence-electron chi connectivity index (χ1n) is 12.1. The second-order valence-corrected chi connectivity index (χ2v) is 11.4. The van der Waals surface area contributed by atoms with E-state index in [2.05, 4.69) is 6.92 Å². The maximum atomic E-state index is 13.2. The number of carboxylic acid groups (broad SMARTS) is 1. The molecule has 34 heavy (non-hydrogen) atoms. The third kappa shape index (κ3) is 3.45. The predicted molar refractivity (Wildman–Crippen MR) is 122 cm³/mol. The van der Waals surface area contributed by atoms with Crippen molar-refractivity contribution >= 4 is 17.5 Å². The molecule has 188 valence electrons. The number of carboxylic acids is 1. The van der Waals surface area contributed by atoms with Gasteiger partial charge in [-0.15, -0.1) is 0 Å². The van der Waals surface area contributed by atoms with Gasteiger partial charge in [0, 0.05) is 23.7 Å². The van der Waals surface area contributed by atoms with Crippen LogP contribution in [0, 0.1) is 28.6 Å². The lowest BCUT2D eigenvalue weighted by atomic mass is 9.46. The minimum absolute atomic E-state index is 0.0167. The molecule has 8 atom stereocenters. The van der Waals surface area contributed by atoms with Crippen molar-refractivity contribution in [2.24, 2.45) is 28.6 Å². The summed E-state index contributed by atoms with van der Waals surface area (Å²) in [7, 11) is 0. The topological polar surface area (TPSA) is 130 Å². The van der Waals surface area contributed by atoms with E-state index in [0.717, 1.165) is 25.3 Å². The predicted octanol–water partition coefficient (Wildman–Crippen LogP) is 2.42. The van der Waals surface area contributed by atoms with Crippen molar-refractivity contribution in [3.8, 4) is 0 Å². The quantitative estimate of drug-likeness (QED) is 0.554. The van der Waals surface area contributed by atoms with Gasteiger partial charge < -0.3 is 24.8 Å². The minimum atomic E-state index is -1.24. The van der Waals surface area contributed by atoms with Gasteiger partial charge in [-0.25, -0.2) is 0 Å². The Morgan fingerprint density at radius 1 is 1.21 bits per heavy atom. The number of ether oxygens (including phenoxy) is 2. The lowest BCUT2D eigenvalue weighted by Crippen LogP contribution is -2.63. The molecule has 3 saturated carbocycles. The summed E-state index contributed by atoms with van der Waals surface area (Å²) >= 11 is 0. The Labute approximate surface area is 200 Å². The molecule has 0 unspecified atom stereocenters. The van der Waals surface area contributed by atoms with Gasteiger partial charge in [0.1, 0.15) is 6.61 Å². The molecule has 0 aromatic rings.